The molecule has 6 N–H and O–H groups in total. The van der Waals surface area contributed by atoms with E-state index in [-0.39, 0.29) is 60.0 Å². The lowest BCUT2D eigenvalue weighted by molar-refractivity contribution is 0.372. The Kier molecular flexibility index (Phi) is 9.27. The molecule has 0 fully saturated rings. The molecule has 8 nitrogen and oxygen atoms in total. The van der Waals surface area contributed by atoms with Crippen LogP contribution in [0.2, 0.25) is 0 Å². The summed E-state index contributed by atoms with van der Waals surface area (Å²) < 4.78 is 3.19. The van der Waals surface area contributed by atoms with E-state index >= 15 is 0 Å². The van der Waals surface area contributed by atoms with E-state index < -0.39 is 40.0 Å². The molecule has 9 aromatic carbocycles. The van der Waals surface area contributed by atoms with Gasteiger partial charge in [-0.1, -0.05) is 138 Å². The van der Waals surface area contributed by atoms with Crippen LogP contribution in [0.5, 0.6) is 34.5 Å². The van der Waals surface area contributed by atoms with E-state index in [0.29, 0.717) is 11.4 Å². The quantitative estimate of drug-likeness (QED) is 0.0573. The normalized spacial score (nSPS) is 11.6. The van der Waals surface area contributed by atoms with Gasteiger partial charge in [0.1, 0.15) is 42.7 Å². The zero-order valence-electron chi connectivity index (χ0n) is 34.9. The maximum absolute atomic E-state index is 12.1. The second kappa shape index (κ2) is 15.1. The lowest BCUT2D eigenvalue weighted by Gasteiger charge is -2.18. The molecule has 66 heavy (non-hydrogen) atoms. The number of phenolic OH excluding ortho intramolecular Hbond substituents is 6. The summed E-state index contributed by atoms with van der Waals surface area (Å²) in [6, 6.07) is 50.7. The maximum Gasteiger partial charge on any atom is 0.201 e. The van der Waals surface area contributed by atoms with Gasteiger partial charge in [-0.3, -0.25) is 0 Å². The molecule has 0 saturated carbocycles. The molecule has 12 heteroatoms. The molecular formula is C54H32B4N2O6. The van der Waals surface area contributed by atoms with Crippen molar-refractivity contribution in [2.75, 3.05) is 0 Å². The predicted molar refractivity (Wildman–Crippen MR) is 268 cm³/mol. The van der Waals surface area contributed by atoms with Gasteiger partial charge in [-0.2, -0.15) is 0 Å². The summed E-state index contributed by atoms with van der Waals surface area (Å²) in [5, 5.41) is 70.3. The summed E-state index contributed by atoms with van der Waals surface area (Å²) in [6.07, 6.45) is 0. The lowest BCUT2D eigenvalue weighted by Crippen LogP contribution is -2.29. The Bertz CT molecular complexity index is 3740. The molecule has 0 amide bonds. The highest BCUT2D eigenvalue weighted by atomic mass is 16.3. The monoisotopic (exact) mass is 848 g/mol. The molecule has 306 valence electrons. The van der Waals surface area contributed by atoms with Crippen LogP contribution in [0.15, 0.2) is 158 Å². The standard InChI is InChI=1S/C54H32B4N2O6/c55-41-39-37-38-40-48(52(64)51(63)44(58)49(40)61)59(35-18-10-17-32(24-35)31-21-19-30(20-22-31)27-11-4-1-5-12-27)46(38)43(57)42(56)45(37)60(47(39)53(65)54(66)50(41)62)36-25-33(28-13-6-2-7-14-28)23-34(26-36)29-15-8-3-9-16-29/h1-26,61-66H. The molecule has 11 rings (SSSR count). The summed E-state index contributed by atoms with van der Waals surface area (Å²) in [5.74, 6) is -4.42. The highest BCUT2D eigenvalue weighted by Gasteiger charge is 2.32. The highest BCUT2D eigenvalue weighted by Crippen LogP contribution is 2.51. The van der Waals surface area contributed by atoms with Gasteiger partial charge in [0.25, 0.3) is 0 Å². The zero-order valence-corrected chi connectivity index (χ0v) is 34.9. The molecule has 2 heterocycles. The smallest absolute Gasteiger partial charge is 0.201 e. The van der Waals surface area contributed by atoms with Crippen molar-refractivity contribution in [1.29, 1.82) is 0 Å². The summed E-state index contributed by atoms with van der Waals surface area (Å²) in [4.78, 5) is 0. The first-order valence-electron chi connectivity index (χ1n) is 20.9. The molecule has 0 bridgehead atoms. The van der Waals surface area contributed by atoms with Gasteiger partial charge in [-0.25, -0.2) is 0 Å². The van der Waals surface area contributed by atoms with E-state index in [1.54, 1.807) is 15.2 Å². The number of aromatic nitrogens is 2. The molecule has 0 aliphatic heterocycles. The third-order valence-corrected chi connectivity index (χ3v) is 12.6. The van der Waals surface area contributed by atoms with Crippen molar-refractivity contribution >= 4 is 96.8 Å². The van der Waals surface area contributed by atoms with E-state index in [0.717, 1.165) is 44.5 Å². The third-order valence-electron chi connectivity index (χ3n) is 12.6. The van der Waals surface area contributed by atoms with Gasteiger partial charge in [0, 0.05) is 38.6 Å². The largest absolute Gasteiger partial charge is 0.508 e. The summed E-state index contributed by atoms with van der Waals surface area (Å²) in [7, 11) is 27.6. The maximum atomic E-state index is 12.1. The van der Waals surface area contributed by atoms with Gasteiger partial charge >= 0.3 is 0 Å². The van der Waals surface area contributed by atoms with Crippen molar-refractivity contribution in [2.24, 2.45) is 0 Å². The predicted octanol–water partition coefficient (Wildman–Crippen LogP) is 7.96. The zero-order chi connectivity index (χ0) is 45.7. The number of aromatic hydroxyl groups is 6. The second-order valence-electron chi connectivity index (χ2n) is 16.3. The number of phenols is 6. The van der Waals surface area contributed by atoms with E-state index in [9.17, 15) is 30.6 Å². The van der Waals surface area contributed by atoms with Crippen LogP contribution in [0.3, 0.4) is 0 Å². The molecule has 0 aliphatic carbocycles. The van der Waals surface area contributed by atoms with Crippen LogP contribution >= 0.6 is 0 Å². The molecule has 0 atom stereocenters. The SMILES string of the molecule is [B]c1c(O)c(O)c2c(c1O)c1c3c4c([B])c(O)c(O)c(O)c4n(-c4cc(-c5ccccc5)cc(-c5ccccc5)c4)c3c([B])c([B])c1n2-c1cccc(-c2ccc(-c3ccccc3)cc2)c1. The Morgan fingerprint density at radius 2 is 0.652 bits per heavy atom. The summed E-state index contributed by atoms with van der Waals surface area (Å²) >= 11 is 0. The van der Waals surface area contributed by atoms with Crippen molar-refractivity contribution in [3.05, 3.63) is 158 Å². The molecule has 0 aliphatic rings. The fourth-order valence-corrected chi connectivity index (χ4v) is 9.46. The minimum atomic E-state index is -0.875. The van der Waals surface area contributed by atoms with Gasteiger partial charge in [-0.05, 0) is 85.8 Å². The van der Waals surface area contributed by atoms with Crippen molar-refractivity contribution in [3.63, 3.8) is 0 Å². The molecule has 11 aromatic rings. The topological polar surface area (TPSA) is 131 Å². The molecule has 0 spiro atoms. The average molecular weight is 848 g/mol. The molecule has 0 saturated heterocycles. The Balaban J connectivity index is 1.29. The fraction of sp³-hybridized carbons (Fsp3) is 0. The second-order valence-corrected chi connectivity index (χ2v) is 16.3. The van der Waals surface area contributed by atoms with E-state index in [1.165, 1.54) is 0 Å². The Hall–Kier alpha value is -8.36. The highest BCUT2D eigenvalue weighted by molar-refractivity contribution is 6.60. The van der Waals surface area contributed by atoms with E-state index in [1.807, 2.05) is 152 Å². The van der Waals surface area contributed by atoms with Crippen LogP contribution in [0.25, 0.3) is 99.5 Å². The number of benzene rings is 9. The fourth-order valence-electron chi connectivity index (χ4n) is 9.46. The first-order valence-corrected chi connectivity index (χ1v) is 20.9. The number of rotatable bonds is 6. The molecule has 8 radical (unpaired) electrons. The van der Waals surface area contributed by atoms with Gasteiger partial charge in [0.2, 0.25) is 5.75 Å². The van der Waals surface area contributed by atoms with Crippen molar-refractivity contribution in [3.8, 4) is 90.4 Å². The number of nitrogens with zero attached hydrogens (tertiary/aromatic N) is 2. The third kappa shape index (κ3) is 5.91. The van der Waals surface area contributed by atoms with E-state index in [4.69, 9.17) is 31.4 Å². The molecular weight excluding hydrogens is 816 g/mol. The Morgan fingerprint density at radius 3 is 1.20 bits per heavy atom. The summed E-state index contributed by atoms with van der Waals surface area (Å²) in [5.41, 5.74) is 7.40. The van der Waals surface area contributed by atoms with Crippen molar-refractivity contribution in [2.45, 2.75) is 0 Å². The van der Waals surface area contributed by atoms with Gasteiger partial charge in [0.05, 0.1) is 10.9 Å². The van der Waals surface area contributed by atoms with Gasteiger partial charge < -0.3 is 39.8 Å². The molecule has 0 unspecified atom stereocenters. The number of hydrogen-bond acceptors (Lipinski definition) is 6. The van der Waals surface area contributed by atoms with Crippen molar-refractivity contribution < 1.29 is 30.6 Å². The van der Waals surface area contributed by atoms with Crippen LogP contribution in [-0.2, 0) is 0 Å². The van der Waals surface area contributed by atoms with Crippen LogP contribution < -0.4 is 21.9 Å². The van der Waals surface area contributed by atoms with Crippen LogP contribution in [0.1, 0.15) is 0 Å². The number of fused-ring (bicyclic) bond motifs is 7. The lowest BCUT2D eigenvalue weighted by atomic mass is 9.76. The van der Waals surface area contributed by atoms with Crippen LogP contribution in [-0.4, -0.2) is 71.2 Å². The van der Waals surface area contributed by atoms with Crippen LogP contribution in [0.4, 0.5) is 0 Å². The minimum Gasteiger partial charge on any atom is -0.508 e. The van der Waals surface area contributed by atoms with Gasteiger partial charge in [-0.15, -0.1) is 0 Å². The average Bonchev–Trinajstić information content (AvgIpc) is 3.91. The number of hydrogen-bond donors (Lipinski definition) is 6. The Morgan fingerprint density at radius 1 is 0.258 bits per heavy atom. The van der Waals surface area contributed by atoms with Crippen LogP contribution in [0, 0.1) is 0 Å². The first kappa shape index (κ1) is 40.4. The van der Waals surface area contributed by atoms with Gasteiger partial charge in [0.15, 0.2) is 23.0 Å². The summed E-state index contributed by atoms with van der Waals surface area (Å²) in [6.45, 7) is 0. The Labute approximate surface area is 383 Å². The minimum absolute atomic E-state index is 0.00857. The van der Waals surface area contributed by atoms with E-state index in [2.05, 4.69) is 0 Å². The first-order chi connectivity index (χ1) is 31.9. The molecule has 2 aromatic heterocycles. The van der Waals surface area contributed by atoms with Crippen molar-refractivity contribution in [1.82, 2.24) is 9.13 Å².